The Bertz CT molecular complexity index is 1110. The van der Waals surface area contributed by atoms with Crippen LogP contribution >= 0.6 is 11.6 Å². The minimum absolute atomic E-state index is 0. The van der Waals surface area contributed by atoms with Gasteiger partial charge in [-0.1, -0.05) is 54.1 Å². The summed E-state index contributed by atoms with van der Waals surface area (Å²) in [7, 11) is -4.39. The van der Waals surface area contributed by atoms with Crippen molar-refractivity contribution in [3.8, 4) is 0 Å². The van der Waals surface area contributed by atoms with Crippen LogP contribution in [-0.2, 0) is 10.1 Å². The predicted octanol–water partition coefficient (Wildman–Crippen LogP) is 1.60. The van der Waals surface area contributed by atoms with Crippen molar-refractivity contribution in [1.29, 1.82) is 0 Å². The molecule has 0 atom stereocenters. The quantitative estimate of drug-likeness (QED) is 0.325. The van der Waals surface area contributed by atoms with Crippen LogP contribution in [-0.4, -0.2) is 13.0 Å². The Morgan fingerprint density at radius 1 is 0.909 bits per heavy atom. The summed E-state index contributed by atoms with van der Waals surface area (Å²) >= 11 is 6.07. The SMILES string of the molecule is O=S(=O)(O)c1c(Cl)cc2ccc3cccc4ccc1c2c34.[H-].[Na+]. The van der Waals surface area contributed by atoms with E-state index in [0.29, 0.717) is 5.39 Å². The van der Waals surface area contributed by atoms with Crippen molar-refractivity contribution in [3.63, 3.8) is 0 Å². The number of benzene rings is 4. The Labute approximate surface area is 155 Å². The summed E-state index contributed by atoms with van der Waals surface area (Å²) < 4.78 is 32.8. The molecule has 0 aromatic heterocycles. The molecule has 0 aliphatic carbocycles. The van der Waals surface area contributed by atoms with E-state index in [1.54, 1.807) is 12.1 Å². The zero-order valence-electron chi connectivity index (χ0n) is 12.7. The third-order valence-electron chi connectivity index (χ3n) is 3.81. The van der Waals surface area contributed by atoms with Crippen molar-refractivity contribution in [2.45, 2.75) is 4.90 Å². The monoisotopic (exact) mass is 340 g/mol. The molecule has 0 spiro atoms. The van der Waals surface area contributed by atoms with Crippen molar-refractivity contribution in [2.75, 3.05) is 0 Å². The van der Waals surface area contributed by atoms with Gasteiger partial charge in [0.25, 0.3) is 10.1 Å². The normalized spacial score (nSPS) is 12.1. The second-order valence-electron chi connectivity index (χ2n) is 5.02. The van der Waals surface area contributed by atoms with Crippen LogP contribution in [0.3, 0.4) is 0 Å². The largest absolute Gasteiger partial charge is 1.00 e. The van der Waals surface area contributed by atoms with E-state index in [2.05, 4.69) is 0 Å². The van der Waals surface area contributed by atoms with E-state index in [1.165, 1.54) is 0 Å². The molecule has 0 aliphatic rings. The summed E-state index contributed by atoms with van der Waals surface area (Å²) in [4.78, 5) is -0.227. The molecule has 0 heterocycles. The first kappa shape index (κ1) is 16.0. The maximum atomic E-state index is 11.7. The second kappa shape index (κ2) is 5.34. The van der Waals surface area contributed by atoms with E-state index in [9.17, 15) is 13.0 Å². The third kappa shape index (κ3) is 2.22. The first-order valence-corrected chi connectivity index (χ1v) is 8.12. The van der Waals surface area contributed by atoms with Gasteiger partial charge >= 0.3 is 29.6 Å². The number of hydrogen-bond donors (Lipinski definition) is 1. The fraction of sp³-hybridized carbons (Fsp3) is 0. The fourth-order valence-electron chi connectivity index (χ4n) is 3.01. The molecule has 6 heteroatoms. The minimum atomic E-state index is -4.39. The van der Waals surface area contributed by atoms with Gasteiger partial charge in [-0.05, 0) is 33.0 Å². The van der Waals surface area contributed by atoms with Crippen molar-refractivity contribution in [1.82, 2.24) is 0 Å². The molecule has 0 fully saturated rings. The predicted molar refractivity (Wildman–Crippen MR) is 86.1 cm³/mol. The third-order valence-corrected chi connectivity index (χ3v) is 5.18. The average molecular weight is 341 g/mol. The molecule has 0 saturated carbocycles. The second-order valence-corrected chi connectivity index (χ2v) is 6.78. The summed E-state index contributed by atoms with van der Waals surface area (Å²) in [5.41, 5.74) is 0. The van der Waals surface area contributed by atoms with Gasteiger partial charge in [0, 0.05) is 5.39 Å². The van der Waals surface area contributed by atoms with Crippen LogP contribution < -0.4 is 29.6 Å². The smallest absolute Gasteiger partial charge is 1.00 e. The Kier molecular flexibility index (Phi) is 3.88. The van der Waals surface area contributed by atoms with Crippen LogP contribution in [0, 0.1) is 0 Å². The molecule has 0 amide bonds. The Morgan fingerprint density at radius 3 is 2.14 bits per heavy atom. The van der Waals surface area contributed by atoms with Crippen molar-refractivity contribution < 1.29 is 44.0 Å². The van der Waals surface area contributed by atoms with Crippen LogP contribution in [0.15, 0.2) is 53.4 Å². The molecule has 0 saturated heterocycles. The summed E-state index contributed by atoms with van der Waals surface area (Å²) in [6.07, 6.45) is 0. The van der Waals surface area contributed by atoms with Gasteiger partial charge in [0.05, 0.1) is 5.02 Å². The first-order chi connectivity index (χ1) is 9.97. The number of halogens is 1. The summed E-state index contributed by atoms with van der Waals surface area (Å²) in [5, 5.41) is 5.17. The van der Waals surface area contributed by atoms with Gasteiger partial charge in [0.2, 0.25) is 0 Å². The molecule has 0 radical (unpaired) electrons. The summed E-state index contributed by atoms with van der Waals surface area (Å²) in [6.45, 7) is 0. The van der Waals surface area contributed by atoms with E-state index in [1.807, 2.05) is 36.4 Å². The molecule has 4 aromatic carbocycles. The number of hydrogen-bond acceptors (Lipinski definition) is 2. The molecule has 0 bridgehead atoms. The van der Waals surface area contributed by atoms with Gasteiger partial charge in [0.1, 0.15) is 4.90 Å². The van der Waals surface area contributed by atoms with E-state index in [4.69, 9.17) is 11.6 Å². The standard InChI is InChI=1S/C16H9ClO3S.Na.H/c17-13-8-11-5-4-9-2-1-3-10-6-7-12(15(11)14(9)10)16(13)21(18,19)20;;/h1-8H,(H,18,19,20);;/q;+1;-1. The summed E-state index contributed by atoms with van der Waals surface area (Å²) in [6, 6.07) is 14.9. The van der Waals surface area contributed by atoms with Gasteiger partial charge < -0.3 is 1.43 Å². The van der Waals surface area contributed by atoms with E-state index in [0.717, 1.165) is 26.9 Å². The molecule has 4 aromatic rings. The van der Waals surface area contributed by atoms with Crippen molar-refractivity contribution in [2.24, 2.45) is 0 Å². The molecular weight excluding hydrogens is 331 g/mol. The van der Waals surface area contributed by atoms with Gasteiger partial charge in [0.15, 0.2) is 0 Å². The zero-order valence-corrected chi connectivity index (χ0v) is 15.2. The molecule has 3 nitrogen and oxygen atoms in total. The van der Waals surface area contributed by atoms with E-state index >= 15 is 0 Å². The maximum absolute atomic E-state index is 11.7. The summed E-state index contributed by atoms with van der Waals surface area (Å²) in [5.74, 6) is 0. The average Bonchev–Trinajstić information content (AvgIpc) is 2.42. The van der Waals surface area contributed by atoms with E-state index < -0.39 is 10.1 Å². The molecule has 4 rings (SSSR count). The molecule has 106 valence electrons. The molecular formula is C16H10ClNaO3S. The van der Waals surface area contributed by atoms with Gasteiger partial charge in [-0.25, -0.2) is 0 Å². The minimum Gasteiger partial charge on any atom is -1.00 e. The zero-order chi connectivity index (χ0) is 14.8. The molecule has 0 unspecified atom stereocenters. The topological polar surface area (TPSA) is 54.4 Å². The van der Waals surface area contributed by atoms with Crippen molar-refractivity contribution >= 4 is 54.0 Å². The Balaban J connectivity index is 0.000000960. The fourth-order valence-corrected chi connectivity index (χ4v) is 4.28. The Hall–Kier alpha value is -0.880. The Morgan fingerprint density at radius 2 is 1.50 bits per heavy atom. The van der Waals surface area contributed by atoms with Gasteiger partial charge in [-0.3, -0.25) is 4.55 Å². The van der Waals surface area contributed by atoms with Crippen LogP contribution in [0.2, 0.25) is 5.02 Å². The maximum Gasteiger partial charge on any atom is 1.00 e. The van der Waals surface area contributed by atoms with E-state index in [-0.39, 0.29) is 40.9 Å². The first-order valence-electron chi connectivity index (χ1n) is 6.30. The van der Waals surface area contributed by atoms with Crippen LogP contribution in [0.5, 0.6) is 0 Å². The van der Waals surface area contributed by atoms with Gasteiger partial charge in [-0.2, -0.15) is 8.42 Å². The van der Waals surface area contributed by atoms with Crippen LogP contribution in [0.1, 0.15) is 1.43 Å². The molecule has 0 aliphatic heterocycles. The van der Waals surface area contributed by atoms with Crippen LogP contribution in [0.4, 0.5) is 0 Å². The van der Waals surface area contributed by atoms with Crippen molar-refractivity contribution in [3.05, 3.63) is 53.6 Å². The van der Waals surface area contributed by atoms with Gasteiger partial charge in [-0.15, -0.1) is 0 Å². The number of rotatable bonds is 1. The molecule has 22 heavy (non-hydrogen) atoms. The van der Waals surface area contributed by atoms with Crippen LogP contribution in [0.25, 0.3) is 32.3 Å². The molecule has 1 N–H and O–H groups in total.